The van der Waals surface area contributed by atoms with E-state index in [4.69, 9.17) is 9.47 Å². The third-order valence-corrected chi connectivity index (χ3v) is 4.84. The van der Waals surface area contributed by atoms with E-state index in [1.54, 1.807) is 46.6 Å². The van der Waals surface area contributed by atoms with Crippen LogP contribution in [0.15, 0.2) is 0 Å². The van der Waals surface area contributed by atoms with Gasteiger partial charge < -0.3 is 29.7 Å². The van der Waals surface area contributed by atoms with Crippen LogP contribution < -0.4 is 5.32 Å². The molecule has 9 nitrogen and oxygen atoms in total. The molecule has 164 valence electrons. The Hall–Kier alpha value is -1.52. The summed E-state index contributed by atoms with van der Waals surface area (Å²) < 4.78 is 10.8. The minimum atomic E-state index is -1.09. The van der Waals surface area contributed by atoms with E-state index >= 15 is 0 Å². The fraction of sp³-hybridized carbons (Fsp3) is 0.833. The number of amides is 3. The molecule has 0 saturated heterocycles. The van der Waals surface area contributed by atoms with Crippen LogP contribution in [0.1, 0.15) is 34.1 Å². The van der Waals surface area contributed by atoms with Crippen LogP contribution >= 0.6 is 11.8 Å². The standard InChI is InChI=1S/C18H35N3O6S/c1-8-28-11-26-10-21(13(4)14(22)9-15(23)20(6)7)17(24)16(12(2)3)27-18(25)19-5/h12-14,16,22H,8-11H2,1-7H3,(H,19,25). The van der Waals surface area contributed by atoms with Crippen LogP contribution in [-0.4, -0.2) is 90.6 Å². The fourth-order valence-electron chi connectivity index (χ4n) is 2.21. The van der Waals surface area contributed by atoms with E-state index in [9.17, 15) is 19.5 Å². The highest BCUT2D eigenvalue weighted by atomic mass is 32.2. The van der Waals surface area contributed by atoms with E-state index in [0.29, 0.717) is 5.94 Å². The van der Waals surface area contributed by atoms with Gasteiger partial charge in [-0.1, -0.05) is 20.8 Å². The maximum Gasteiger partial charge on any atom is 0.407 e. The molecule has 0 heterocycles. The molecular weight excluding hydrogens is 386 g/mol. The quantitative estimate of drug-likeness (QED) is 0.359. The highest BCUT2D eigenvalue weighted by Gasteiger charge is 2.35. The van der Waals surface area contributed by atoms with Crippen molar-refractivity contribution in [2.45, 2.75) is 52.4 Å². The molecular formula is C18H35N3O6S. The highest BCUT2D eigenvalue weighted by molar-refractivity contribution is 7.99. The Balaban J connectivity index is 5.41. The summed E-state index contributed by atoms with van der Waals surface area (Å²) in [5.41, 5.74) is 0. The molecule has 10 heteroatoms. The summed E-state index contributed by atoms with van der Waals surface area (Å²) in [5, 5.41) is 12.8. The molecule has 0 spiro atoms. The van der Waals surface area contributed by atoms with Crippen molar-refractivity contribution >= 4 is 29.7 Å². The highest BCUT2D eigenvalue weighted by Crippen LogP contribution is 2.17. The van der Waals surface area contributed by atoms with Crippen LogP contribution in [0.2, 0.25) is 0 Å². The molecule has 0 bridgehead atoms. The molecule has 0 radical (unpaired) electrons. The maximum atomic E-state index is 13.1. The van der Waals surface area contributed by atoms with Crippen LogP contribution in [0.3, 0.4) is 0 Å². The van der Waals surface area contributed by atoms with Crippen molar-refractivity contribution in [3.8, 4) is 0 Å². The minimum Gasteiger partial charge on any atom is -0.436 e. The van der Waals surface area contributed by atoms with Gasteiger partial charge in [0.1, 0.15) is 6.73 Å². The number of aliphatic hydroxyl groups excluding tert-OH is 1. The zero-order valence-electron chi connectivity index (χ0n) is 17.9. The SMILES string of the molecule is CCSCOCN(C(=O)C(OC(=O)NC)C(C)C)C(C)C(O)CC(=O)N(C)C. The van der Waals surface area contributed by atoms with Crippen molar-refractivity contribution in [1.82, 2.24) is 15.1 Å². The zero-order chi connectivity index (χ0) is 21.9. The van der Waals surface area contributed by atoms with E-state index < -0.39 is 30.3 Å². The molecule has 2 N–H and O–H groups in total. The van der Waals surface area contributed by atoms with Gasteiger partial charge in [0.2, 0.25) is 5.91 Å². The van der Waals surface area contributed by atoms with Gasteiger partial charge in [-0.25, -0.2) is 4.79 Å². The van der Waals surface area contributed by atoms with Gasteiger partial charge in [-0.15, -0.1) is 11.8 Å². The van der Waals surface area contributed by atoms with Crippen LogP contribution in [0.5, 0.6) is 0 Å². The number of nitrogens with one attached hydrogen (secondary N) is 1. The fourth-order valence-corrected chi connectivity index (χ4v) is 2.57. The number of nitrogens with zero attached hydrogens (tertiary/aromatic N) is 2. The Morgan fingerprint density at radius 2 is 1.79 bits per heavy atom. The molecule has 0 aromatic heterocycles. The van der Waals surface area contributed by atoms with Gasteiger partial charge in [-0.05, 0) is 18.6 Å². The molecule has 0 aromatic rings. The summed E-state index contributed by atoms with van der Waals surface area (Å²) in [4.78, 5) is 39.4. The van der Waals surface area contributed by atoms with Crippen LogP contribution in [0, 0.1) is 5.92 Å². The summed E-state index contributed by atoms with van der Waals surface area (Å²) in [5.74, 6) is 0.213. The first-order chi connectivity index (χ1) is 13.1. The van der Waals surface area contributed by atoms with Gasteiger partial charge >= 0.3 is 6.09 Å². The topological polar surface area (TPSA) is 108 Å². The van der Waals surface area contributed by atoms with Gasteiger partial charge in [-0.3, -0.25) is 9.59 Å². The Kier molecular flexibility index (Phi) is 12.9. The molecule has 0 fully saturated rings. The van der Waals surface area contributed by atoms with Crippen molar-refractivity contribution < 1.29 is 29.0 Å². The lowest BCUT2D eigenvalue weighted by Gasteiger charge is -2.35. The maximum absolute atomic E-state index is 13.1. The molecule has 0 rings (SSSR count). The Morgan fingerprint density at radius 3 is 2.25 bits per heavy atom. The number of carbonyl (C=O) groups is 3. The zero-order valence-corrected chi connectivity index (χ0v) is 18.7. The third kappa shape index (κ3) is 9.11. The first-order valence-corrected chi connectivity index (χ1v) is 10.4. The third-order valence-electron chi connectivity index (χ3n) is 4.10. The number of carbonyl (C=O) groups excluding carboxylic acids is 3. The summed E-state index contributed by atoms with van der Waals surface area (Å²) in [6.07, 6.45) is -2.98. The molecule has 0 aliphatic carbocycles. The Labute approximate surface area is 172 Å². The minimum absolute atomic E-state index is 0.0828. The second-order valence-electron chi connectivity index (χ2n) is 6.87. The first kappa shape index (κ1) is 26.5. The monoisotopic (exact) mass is 421 g/mol. The molecule has 0 aromatic carbocycles. The molecule has 3 unspecified atom stereocenters. The van der Waals surface area contributed by atoms with Crippen molar-refractivity contribution in [3.05, 3.63) is 0 Å². The van der Waals surface area contributed by atoms with E-state index in [-0.39, 0.29) is 25.0 Å². The van der Waals surface area contributed by atoms with Gasteiger partial charge in [-0.2, -0.15) is 0 Å². The molecule has 0 saturated carbocycles. The number of ether oxygens (including phenoxy) is 2. The van der Waals surface area contributed by atoms with Crippen molar-refractivity contribution in [2.24, 2.45) is 5.92 Å². The summed E-state index contributed by atoms with van der Waals surface area (Å²) in [6, 6.07) is -0.711. The van der Waals surface area contributed by atoms with Crippen LogP contribution in [-0.2, 0) is 19.1 Å². The smallest absolute Gasteiger partial charge is 0.407 e. The Morgan fingerprint density at radius 1 is 1.18 bits per heavy atom. The summed E-state index contributed by atoms with van der Waals surface area (Å²) in [7, 11) is 4.60. The number of rotatable bonds is 12. The van der Waals surface area contributed by atoms with Gasteiger partial charge in [0.25, 0.3) is 5.91 Å². The number of hydrogen-bond donors (Lipinski definition) is 2. The summed E-state index contributed by atoms with van der Waals surface area (Å²) in [6.45, 7) is 7.06. The lowest BCUT2D eigenvalue weighted by atomic mass is 10.0. The lowest BCUT2D eigenvalue weighted by molar-refractivity contribution is -0.155. The molecule has 28 heavy (non-hydrogen) atoms. The second-order valence-corrected chi connectivity index (χ2v) is 8.09. The normalized spacial score (nSPS) is 14.2. The first-order valence-electron chi connectivity index (χ1n) is 9.29. The largest absolute Gasteiger partial charge is 0.436 e. The molecule has 3 amide bonds. The van der Waals surface area contributed by atoms with Crippen LogP contribution in [0.25, 0.3) is 0 Å². The van der Waals surface area contributed by atoms with Gasteiger partial charge in [0, 0.05) is 21.1 Å². The molecule has 0 aliphatic heterocycles. The van der Waals surface area contributed by atoms with E-state index in [2.05, 4.69) is 5.32 Å². The average molecular weight is 422 g/mol. The lowest BCUT2D eigenvalue weighted by Crippen LogP contribution is -2.53. The van der Waals surface area contributed by atoms with Crippen molar-refractivity contribution in [2.75, 3.05) is 39.6 Å². The number of alkyl carbamates (subject to hydrolysis) is 1. The van der Waals surface area contributed by atoms with Gasteiger partial charge in [0.15, 0.2) is 6.10 Å². The van der Waals surface area contributed by atoms with Gasteiger partial charge in [0.05, 0.1) is 24.5 Å². The van der Waals surface area contributed by atoms with Crippen LogP contribution in [0.4, 0.5) is 4.79 Å². The molecule has 0 aliphatic rings. The van der Waals surface area contributed by atoms with Crippen molar-refractivity contribution in [3.63, 3.8) is 0 Å². The van der Waals surface area contributed by atoms with E-state index in [1.807, 2.05) is 6.92 Å². The average Bonchev–Trinajstić information content (AvgIpc) is 2.64. The van der Waals surface area contributed by atoms with E-state index in [0.717, 1.165) is 5.75 Å². The summed E-state index contributed by atoms with van der Waals surface area (Å²) >= 11 is 1.55. The Bertz CT molecular complexity index is 504. The number of aliphatic hydroxyl groups is 1. The molecule has 3 atom stereocenters. The second kappa shape index (κ2) is 13.6. The predicted octanol–water partition coefficient (Wildman–Crippen LogP) is 1.11. The predicted molar refractivity (Wildman–Crippen MR) is 109 cm³/mol. The number of thioether (sulfide) groups is 1. The number of hydrogen-bond acceptors (Lipinski definition) is 7. The van der Waals surface area contributed by atoms with Crippen molar-refractivity contribution in [1.29, 1.82) is 0 Å². The van der Waals surface area contributed by atoms with E-state index in [1.165, 1.54) is 16.8 Å².